The summed E-state index contributed by atoms with van der Waals surface area (Å²) >= 11 is 0. The highest BCUT2D eigenvalue weighted by molar-refractivity contribution is 5.91. The first-order valence-corrected chi connectivity index (χ1v) is 9.86. The molecule has 2 atom stereocenters. The van der Waals surface area contributed by atoms with Crippen molar-refractivity contribution < 1.29 is 9.53 Å². The van der Waals surface area contributed by atoms with Crippen LogP contribution in [0.25, 0.3) is 10.9 Å². The third kappa shape index (κ3) is 3.31. The largest absolute Gasteiger partial charge is 0.490 e. The highest BCUT2D eigenvalue weighted by Crippen LogP contribution is 2.43. The Labute approximate surface area is 169 Å². The van der Waals surface area contributed by atoms with Crippen LogP contribution in [0.3, 0.4) is 0 Å². The van der Waals surface area contributed by atoms with Gasteiger partial charge in [0.1, 0.15) is 24.0 Å². The van der Waals surface area contributed by atoms with Crippen LogP contribution in [-0.4, -0.2) is 40.0 Å². The summed E-state index contributed by atoms with van der Waals surface area (Å²) in [6, 6.07) is 15.9. The molecule has 0 radical (unpaired) electrons. The van der Waals surface area contributed by atoms with Crippen molar-refractivity contribution in [2.45, 2.75) is 12.5 Å². The molecule has 6 rings (SSSR count). The van der Waals surface area contributed by atoms with Crippen molar-refractivity contribution in [2.24, 2.45) is 11.8 Å². The molecule has 3 aliphatic rings. The number of carbonyl (C=O) groups is 1. The zero-order valence-electron chi connectivity index (χ0n) is 16.0. The van der Waals surface area contributed by atoms with Crippen LogP contribution in [0.4, 0.5) is 11.5 Å². The SMILES string of the molecule is C=CC(=O)N1CC2CC(C1)C2Oc1ccc2ncnc(Nc3ccccc3)c2c1. The van der Waals surface area contributed by atoms with E-state index in [0.717, 1.165) is 47.7 Å². The lowest BCUT2D eigenvalue weighted by Gasteiger charge is -2.52. The number of para-hydroxylation sites is 1. The topological polar surface area (TPSA) is 67.4 Å². The molecule has 2 unspecified atom stereocenters. The molecule has 3 aromatic rings. The summed E-state index contributed by atoms with van der Waals surface area (Å²) in [5.41, 5.74) is 1.83. The minimum Gasteiger partial charge on any atom is -0.490 e. The number of rotatable bonds is 5. The Balaban J connectivity index is 1.36. The van der Waals surface area contributed by atoms with Crippen LogP contribution in [0.2, 0.25) is 0 Å². The molecule has 1 N–H and O–H groups in total. The van der Waals surface area contributed by atoms with E-state index in [1.165, 1.54) is 6.08 Å². The summed E-state index contributed by atoms with van der Waals surface area (Å²) in [7, 11) is 0. The van der Waals surface area contributed by atoms with Gasteiger partial charge in [-0.3, -0.25) is 4.79 Å². The average molecular weight is 386 g/mol. The fourth-order valence-corrected chi connectivity index (χ4v) is 4.37. The maximum absolute atomic E-state index is 11.9. The van der Waals surface area contributed by atoms with Crippen molar-refractivity contribution in [3.8, 4) is 5.75 Å². The normalized spacial score (nSPS) is 22.6. The quantitative estimate of drug-likeness (QED) is 0.676. The molecule has 2 aromatic carbocycles. The molecule has 1 saturated carbocycles. The van der Waals surface area contributed by atoms with E-state index in [-0.39, 0.29) is 12.0 Å². The fraction of sp³-hybridized carbons (Fsp3) is 0.261. The van der Waals surface area contributed by atoms with E-state index < -0.39 is 0 Å². The lowest BCUT2D eigenvalue weighted by atomic mass is 9.68. The van der Waals surface area contributed by atoms with Crippen LogP contribution < -0.4 is 10.1 Å². The van der Waals surface area contributed by atoms with E-state index in [1.54, 1.807) is 6.33 Å². The van der Waals surface area contributed by atoms with Crippen molar-refractivity contribution in [1.82, 2.24) is 14.9 Å². The molecule has 2 aliphatic heterocycles. The number of ether oxygens (including phenoxy) is 1. The van der Waals surface area contributed by atoms with Gasteiger partial charge in [0.05, 0.1) is 5.52 Å². The van der Waals surface area contributed by atoms with Crippen LogP contribution in [-0.2, 0) is 4.79 Å². The minimum atomic E-state index is 0.0117. The standard InChI is InChI=1S/C23H22N4O2/c1-2-21(28)27-12-15-10-16(13-27)22(15)29-18-8-9-20-19(11-18)23(25-14-24-20)26-17-6-4-3-5-7-17/h2-9,11,14-16,22H,1,10,12-13H2,(H,24,25,26). The van der Waals surface area contributed by atoms with E-state index in [1.807, 2.05) is 53.4 Å². The van der Waals surface area contributed by atoms with Gasteiger partial charge in [-0.05, 0) is 42.8 Å². The Bertz CT molecular complexity index is 1060. The van der Waals surface area contributed by atoms with Gasteiger partial charge in [0.2, 0.25) is 5.91 Å². The van der Waals surface area contributed by atoms with Crippen LogP contribution >= 0.6 is 0 Å². The Hall–Kier alpha value is -3.41. The van der Waals surface area contributed by atoms with Crippen LogP contribution in [0.15, 0.2) is 67.5 Å². The molecule has 6 heteroatoms. The van der Waals surface area contributed by atoms with Crippen LogP contribution in [0, 0.1) is 11.8 Å². The molecule has 146 valence electrons. The highest BCUT2D eigenvalue weighted by atomic mass is 16.5. The van der Waals surface area contributed by atoms with Crippen LogP contribution in [0.5, 0.6) is 5.75 Å². The van der Waals surface area contributed by atoms with Crippen molar-refractivity contribution in [1.29, 1.82) is 0 Å². The zero-order valence-corrected chi connectivity index (χ0v) is 16.0. The Morgan fingerprint density at radius 2 is 1.93 bits per heavy atom. The maximum Gasteiger partial charge on any atom is 0.245 e. The average Bonchev–Trinajstić information content (AvgIpc) is 2.78. The molecule has 1 aromatic heterocycles. The lowest BCUT2D eigenvalue weighted by Crippen LogP contribution is -2.61. The summed E-state index contributed by atoms with van der Waals surface area (Å²) in [4.78, 5) is 22.5. The molecule has 2 bridgehead atoms. The van der Waals surface area contributed by atoms with Gasteiger partial charge in [-0.2, -0.15) is 0 Å². The fourth-order valence-electron chi connectivity index (χ4n) is 4.37. The van der Waals surface area contributed by atoms with E-state index in [0.29, 0.717) is 11.8 Å². The lowest BCUT2D eigenvalue weighted by molar-refractivity contribution is -0.142. The second-order valence-corrected chi connectivity index (χ2v) is 7.68. The molecule has 1 amide bonds. The van der Waals surface area contributed by atoms with Gasteiger partial charge in [0, 0.05) is 36.0 Å². The first kappa shape index (κ1) is 17.7. The minimum absolute atomic E-state index is 0.0117. The Morgan fingerprint density at radius 1 is 1.14 bits per heavy atom. The second-order valence-electron chi connectivity index (χ2n) is 7.68. The van der Waals surface area contributed by atoms with E-state index in [4.69, 9.17) is 4.74 Å². The summed E-state index contributed by atoms with van der Waals surface area (Å²) in [5, 5.41) is 4.28. The monoisotopic (exact) mass is 386 g/mol. The van der Waals surface area contributed by atoms with E-state index in [9.17, 15) is 4.79 Å². The number of piperidine rings is 2. The summed E-state index contributed by atoms with van der Waals surface area (Å²) in [6.07, 6.45) is 4.22. The van der Waals surface area contributed by atoms with Gasteiger partial charge in [0.25, 0.3) is 0 Å². The van der Waals surface area contributed by atoms with Crippen molar-refractivity contribution in [3.63, 3.8) is 0 Å². The number of nitrogens with zero attached hydrogens (tertiary/aromatic N) is 3. The Morgan fingerprint density at radius 3 is 2.69 bits per heavy atom. The summed E-state index contributed by atoms with van der Waals surface area (Å²) < 4.78 is 6.35. The number of aromatic nitrogens is 2. The maximum atomic E-state index is 11.9. The number of hydrogen-bond acceptors (Lipinski definition) is 5. The number of fused-ring (bicyclic) bond motifs is 3. The van der Waals surface area contributed by atoms with Gasteiger partial charge in [-0.15, -0.1) is 0 Å². The number of amides is 1. The van der Waals surface area contributed by atoms with Gasteiger partial charge < -0.3 is 15.0 Å². The molecular weight excluding hydrogens is 364 g/mol. The molecule has 2 saturated heterocycles. The first-order valence-electron chi connectivity index (χ1n) is 9.86. The molecule has 29 heavy (non-hydrogen) atoms. The first-order chi connectivity index (χ1) is 14.2. The number of carbonyl (C=O) groups excluding carboxylic acids is 1. The van der Waals surface area contributed by atoms with Crippen molar-refractivity contribution >= 4 is 28.3 Å². The number of benzene rings is 2. The predicted molar refractivity (Wildman–Crippen MR) is 112 cm³/mol. The van der Waals surface area contributed by atoms with Crippen molar-refractivity contribution in [3.05, 3.63) is 67.5 Å². The van der Waals surface area contributed by atoms with Gasteiger partial charge >= 0.3 is 0 Å². The summed E-state index contributed by atoms with van der Waals surface area (Å²) in [6.45, 7) is 5.07. The second kappa shape index (κ2) is 7.20. The van der Waals surface area contributed by atoms with Crippen LogP contribution in [0.1, 0.15) is 6.42 Å². The number of anilines is 2. The number of nitrogens with one attached hydrogen (secondary N) is 1. The van der Waals surface area contributed by atoms with Gasteiger partial charge in [-0.1, -0.05) is 24.8 Å². The van der Waals surface area contributed by atoms with Gasteiger partial charge in [0.15, 0.2) is 0 Å². The summed E-state index contributed by atoms with van der Waals surface area (Å²) in [5.74, 6) is 2.33. The molecule has 3 fully saturated rings. The van der Waals surface area contributed by atoms with E-state index in [2.05, 4.69) is 21.9 Å². The number of hydrogen-bond donors (Lipinski definition) is 1. The smallest absolute Gasteiger partial charge is 0.245 e. The molecular formula is C23H22N4O2. The highest BCUT2D eigenvalue weighted by Gasteiger charge is 2.49. The molecule has 0 spiro atoms. The third-order valence-electron chi connectivity index (χ3n) is 5.85. The molecule has 1 aliphatic carbocycles. The van der Waals surface area contributed by atoms with E-state index >= 15 is 0 Å². The molecule has 3 heterocycles. The van der Waals surface area contributed by atoms with Gasteiger partial charge in [-0.25, -0.2) is 9.97 Å². The Kier molecular flexibility index (Phi) is 4.39. The van der Waals surface area contributed by atoms with Crippen molar-refractivity contribution in [2.75, 3.05) is 18.4 Å². The predicted octanol–water partition coefficient (Wildman–Crippen LogP) is 3.79. The zero-order chi connectivity index (χ0) is 19.8. The molecule has 6 nitrogen and oxygen atoms in total. The third-order valence-corrected chi connectivity index (χ3v) is 5.85.